The SMILES string of the molecule is CN(c1ccccc1)c1nc(NN)nc2cc(F)c(F)cc12. The number of aromatic nitrogens is 2. The Balaban J connectivity index is 2.25. The van der Waals surface area contributed by atoms with Crippen LogP contribution in [0.4, 0.5) is 26.2 Å². The van der Waals surface area contributed by atoms with Gasteiger partial charge in [0.1, 0.15) is 5.82 Å². The Morgan fingerprint density at radius 2 is 1.73 bits per heavy atom. The summed E-state index contributed by atoms with van der Waals surface area (Å²) in [5, 5.41) is 0.393. The van der Waals surface area contributed by atoms with Crippen molar-refractivity contribution in [3.05, 3.63) is 54.1 Å². The third-order valence-electron chi connectivity index (χ3n) is 3.31. The molecular formula is C15H13F2N5. The summed E-state index contributed by atoms with van der Waals surface area (Å²) >= 11 is 0. The van der Waals surface area contributed by atoms with Crippen LogP contribution in [0.5, 0.6) is 0 Å². The lowest BCUT2D eigenvalue weighted by Gasteiger charge is -2.20. The van der Waals surface area contributed by atoms with E-state index in [0.29, 0.717) is 11.2 Å². The molecule has 1 heterocycles. The van der Waals surface area contributed by atoms with E-state index in [9.17, 15) is 8.78 Å². The van der Waals surface area contributed by atoms with Crippen molar-refractivity contribution in [1.82, 2.24) is 9.97 Å². The molecule has 3 rings (SSSR count). The van der Waals surface area contributed by atoms with Gasteiger partial charge in [-0.3, -0.25) is 5.43 Å². The summed E-state index contributed by atoms with van der Waals surface area (Å²) < 4.78 is 27.0. The highest BCUT2D eigenvalue weighted by Gasteiger charge is 2.15. The molecule has 0 atom stereocenters. The molecule has 0 aliphatic carbocycles. The molecular weight excluding hydrogens is 288 g/mol. The van der Waals surface area contributed by atoms with E-state index in [2.05, 4.69) is 15.4 Å². The zero-order chi connectivity index (χ0) is 15.7. The number of nitrogens with two attached hydrogens (primary N) is 1. The van der Waals surface area contributed by atoms with E-state index in [0.717, 1.165) is 17.8 Å². The van der Waals surface area contributed by atoms with Gasteiger partial charge in [0.15, 0.2) is 11.6 Å². The van der Waals surface area contributed by atoms with Crippen molar-refractivity contribution in [3.63, 3.8) is 0 Å². The smallest absolute Gasteiger partial charge is 0.239 e. The van der Waals surface area contributed by atoms with Crippen LogP contribution in [0.2, 0.25) is 0 Å². The Labute approximate surface area is 125 Å². The van der Waals surface area contributed by atoms with Crippen molar-refractivity contribution in [2.24, 2.45) is 5.84 Å². The quantitative estimate of drug-likeness (QED) is 0.575. The molecule has 0 aliphatic heterocycles. The lowest BCUT2D eigenvalue weighted by atomic mass is 10.2. The van der Waals surface area contributed by atoms with Crippen molar-refractivity contribution in [3.8, 4) is 0 Å². The number of nitrogen functional groups attached to an aromatic ring is 1. The highest BCUT2D eigenvalue weighted by molar-refractivity contribution is 5.92. The molecule has 3 N–H and O–H groups in total. The second-order valence-electron chi connectivity index (χ2n) is 4.69. The van der Waals surface area contributed by atoms with Crippen molar-refractivity contribution in [2.75, 3.05) is 17.4 Å². The maximum Gasteiger partial charge on any atom is 0.239 e. The molecule has 0 spiro atoms. The van der Waals surface area contributed by atoms with Crippen LogP contribution in [-0.4, -0.2) is 17.0 Å². The topological polar surface area (TPSA) is 67.1 Å². The zero-order valence-corrected chi connectivity index (χ0v) is 11.7. The number of rotatable bonds is 3. The summed E-state index contributed by atoms with van der Waals surface area (Å²) in [6.45, 7) is 0. The number of para-hydroxylation sites is 1. The molecule has 0 saturated heterocycles. The molecule has 2 aromatic carbocycles. The summed E-state index contributed by atoms with van der Waals surface area (Å²) in [7, 11) is 1.78. The van der Waals surface area contributed by atoms with Crippen molar-refractivity contribution >= 4 is 28.4 Å². The lowest BCUT2D eigenvalue weighted by molar-refractivity contribution is 0.510. The standard InChI is InChI=1S/C15H13F2N5/c1-22(9-5-3-2-4-6-9)14-10-7-11(16)12(17)8-13(10)19-15(20-14)21-18/h2-8H,18H2,1H3,(H,19,20,21). The average molecular weight is 301 g/mol. The Bertz CT molecular complexity index is 823. The van der Waals surface area contributed by atoms with Gasteiger partial charge in [-0.05, 0) is 18.2 Å². The summed E-state index contributed by atoms with van der Waals surface area (Å²) in [6, 6.07) is 11.5. The van der Waals surface area contributed by atoms with Crippen LogP contribution in [-0.2, 0) is 0 Å². The maximum absolute atomic E-state index is 13.6. The van der Waals surface area contributed by atoms with Crippen LogP contribution in [0.15, 0.2) is 42.5 Å². The fourth-order valence-electron chi connectivity index (χ4n) is 2.20. The molecule has 1 aromatic heterocycles. The largest absolute Gasteiger partial charge is 0.329 e. The zero-order valence-electron chi connectivity index (χ0n) is 11.7. The lowest BCUT2D eigenvalue weighted by Crippen LogP contribution is -2.16. The molecule has 3 aromatic rings. The van der Waals surface area contributed by atoms with Crippen molar-refractivity contribution in [1.29, 1.82) is 0 Å². The summed E-state index contributed by atoms with van der Waals surface area (Å²) in [4.78, 5) is 10.1. The minimum atomic E-state index is -0.970. The second-order valence-corrected chi connectivity index (χ2v) is 4.69. The molecule has 0 amide bonds. The fraction of sp³-hybridized carbons (Fsp3) is 0.0667. The molecule has 22 heavy (non-hydrogen) atoms. The van der Waals surface area contributed by atoms with E-state index in [1.807, 2.05) is 30.3 Å². The summed E-state index contributed by atoms with van der Waals surface area (Å²) in [5.41, 5.74) is 3.44. The number of benzene rings is 2. The van der Waals surface area contributed by atoms with Gasteiger partial charge >= 0.3 is 0 Å². The van der Waals surface area contributed by atoms with Gasteiger partial charge in [0.25, 0.3) is 0 Å². The molecule has 0 bridgehead atoms. The first-order valence-electron chi connectivity index (χ1n) is 6.52. The van der Waals surface area contributed by atoms with E-state index >= 15 is 0 Å². The molecule has 0 saturated carbocycles. The highest BCUT2D eigenvalue weighted by Crippen LogP contribution is 2.30. The van der Waals surface area contributed by atoms with Gasteiger partial charge < -0.3 is 4.90 Å². The number of hydrogen-bond donors (Lipinski definition) is 2. The van der Waals surface area contributed by atoms with Gasteiger partial charge in [0.2, 0.25) is 5.95 Å². The van der Waals surface area contributed by atoms with Gasteiger partial charge in [-0.1, -0.05) is 18.2 Å². The first-order chi connectivity index (χ1) is 10.6. The predicted octanol–water partition coefficient (Wildman–Crippen LogP) is 2.96. The van der Waals surface area contributed by atoms with E-state index in [-0.39, 0.29) is 11.5 Å². The Hall–Kier alpha value is -2.80. The fourth-order valence-corrected chi connectivity index (χ4v) is 2.20. The van der Waals surface area contributed by atoms with Crippen LogP contribution in [0.25, 0.3) is 10.9 Å². The Morgan fingerprint density at radius 1 is 1.05 bits per heavy atom. The summed E-state index contributed by atoms with van der Waals surface area (Å²) in [5.74, 6) is 3.97. The summed E-state index contributed by atoms with van der Waals surface area (Å²) in [6.07, 6.45) is 0. The number of anilines is 3. The number of halogens is 2. The minimum absolute atomic E-state index is 0.122. The third-order valence-corrected chi connectivity index (χ3v) is 3.31. The maximum atomic E-state index is 13.6. The van der Waals surface area contributed by atoms with Gasteiger partial charge in [0, 0.05) is 24.2 Å². The number of nitrogens with one attached hydrogen (secondary N) is 1. The van der Waals surface area contributed by atoms with E-state index in [4.69, 9.17) is 5.84 Å². The minimum Gasteiger partial charge on any atom is -0.329 e. The molecule has 0 fully saturated rings. The van der Waals surface area contributed by atoms with Crippen LogP contribution in [0.3, 0.4) is 0 Å². The van der Waals surface area contributed by atoms with Crippen molar-refractivity contribution in [2.45, 2.75) is 0 Å². The molecule has 112 valence electrons. The highest BCUT2D eigenvalue weighted by atomic mass is 19.2. The Kier molecular flexibility index (Phi) is 3.56. The van der Waals surface area contributed by atoms with Gasteiger partial charge in [-0.2, -0.15) is 4.98 Å². The number of hydrazine groups is 1. The normalized spacial score (nSPS) is 10.7. The number of nitrogens with zero attached hydrogens (tertiary/aromatic N) is 3. The molecule has 5 nitrogen and oxygen atoms in total. The predicted molar refractivity (Wildman–Crippen MR) is 81.8 cm³/mol. The van der Waals surface area contributed by atoms with E-state index < -0.39 is 11.6 Å². The molecule has 0 aliphatic rings. The van der Waals surface area contributed by atoms with Crippen LogP contribution in [0.1, 0.15) is 0 Å². The van der Waals surface area contributed by atoms with Gasteiger partial charge in [0.05, 0.1) is 5.52 Å². The third kappa shape index (κ3) is 2.42. The van der Waals surface area contributed by atoms with Gasteiger partial charge in [-0.15, -0.1) is 0 Å². The second kappa shape index (κ2) is 5.53. The molecule has 0 radical (unpaired) electrons. The van der Waals surface area contributed by atoms with Crippen LogP contribution < -0.4 is 16.2 Å². The monoisotopic (exact) mass is 301 g/mol. The van der Waals surface area contributed by atoms with E-state index in [1.165, 1.54) is 0 Å². The van der Waals surface area contributed by atoms with E-state index in [1.54, 1.807) is 11.9 Å². The average Bonchev–Trinajstić information content (AvgIpc) is 2.55. The first kappa shape index (κ1) is 14.2. The molecule has 7 heteroatoms. The van der Waals surface area contributed by atoms with Gasteiger partial charge in [-0.25, -0.2) is 19.6 Å². The molecule has 0 unspecified atom stereocenters. The number of fused-ring (bicyclic) bond motifs is 1. The van der Waals surface area contributed by atoms with Crippen LogP contribution in [0, 0.1) is 11.6 Å². The van der Waals surface area contributed by atoms with Crippen molar-refractivity contribution < 1.29 is 8.78 Å². The van der Waals surface area contributed by atoms with Crippen LogP contribution >= 0.6 is 0 Å². The first-order valence-corrected chi connectivity index (χ1v) is 6.52. The number of hydrogen-bond acceptors (Lipinski definition) is 5. The Morgan fingerprint density at radius 3 is 2.41 bits per heavy atom.